The van der Waals surface area contributed by atoms with E-state index in [1.54, 1.807) is 12.1 Å². The number of nitrogens with one attached hydrogen (secondary N) is 2. The number of anilines is 1. The highest BCUT2D eigenvalue weighted by Crippen LogP contribution is 2.32. The molecule has 0 bridgehead atoms. The lowest BCUT2D eigenvalue weighted by Crippen LogP contribution is -2.35. The van der Waals surface area contributed by atoms with Crippen molar-refractivity contribution in [3.63, 3.8) is 0 Å². The fraction of sp³-hybridized carbons (Fsp3) is 0.483. The van der Waals surface area contributed by atoms with E-state index in [2.05, 4.69) is 22.5 Å². The van der Waals surface area contributed by atoms with Gasteiger partial charge in [0.05, 0.1) is 12.7 Å². The molecule has 0 saturated carbocycles. The Hall–Kier alpha value is -3.09. The number of aliphatic hydroxyl groups is 1. The monoisotopic (exact) mass is 509 g/mol. The number of carbonyl (C=O) groups excluding carboxylic acids is 1. The summed E-state index contributed by atoms with van der Waals surface area (Å²) < 4.78 is 17.1. The Bertz CT molecular complexity index is 1080. The molecule has 2 aromatic rings. The molecule has 8 nitrogen and oxygen atoms in total. The first-order valence-corrected chi connectivity index (χ1v) is 12.9. The molecule has 0 aliphatic carbocycles. The average molecular weight is 510 g/mol. The maximum absolute atomic E-state index is 10.9. The van der Waals surface area contributed by atoms with Crippen molar-refractivity contribution in [2.75, 3.05) is 31.6 Å². The quantitative estimate of drug-likeness (QED) is 0.234. The van der Waals surface area contributed by atoms with Crippen LogP contribution in [0.2, 0.25) is 0 Å². The van der Waals surface area contributed by atoms with Crippen LogP contribution in [0.4, 0.5) is 10.5 Å². The molecule has 37 heavy (non-hydrogen) atoms. The summed E-state index contributed by atoms with van der Waals surface area (Å²) >= 11 is 0. The number of fused-ring (bicyclic) bond motifs is 1. The van der Waals surface area contributed by atoms with Gasteiger partial charge in [0.25, 0.3) is 0 Å². The third-order valence-electron chi connectivity index (χ3n) is 5.92. The van der Waals surface area contributed by atoms with Crippen molar-refractivity contribution in [1.82, 2.24) is 5.32 Å². The maximum Gasteiger partial charge on any atom is 0.316 e. The second-order valence-electron chi connectivity index (χ2n) is 9.57. The van der Waals surface area contributed by atoms with Crippen LogP contribution in [0.3, 0.4) is 0 Å². The summed E-state index contributed by atoms with van der Waals surface area (Å²) in [6, 6.07) is 12.4. The van der Waals surface area contributed by atoms with Gasteiger partial charge in [0, 0.05) is 43.8 Å². The maximum atomic E-state index is 10.9. The van der Waals surface area contributed by atoms with Gasteiger partial charge in [-0.05, 0) is 55.3 Å². The van der Waals surface area contributed by atoms with Gasteiger partial charge in [0.1, 0.15) is 12.4 Å². The summed E-state index contributed by atoms with van der Waals surface area (Å²) in [6.45, 7) is 6.74. The zero-order chi connectivity index (χ0) is 26.5. The van der Waals surface area contributed by atoms with Crippen molar-refractivity contribution in [2.24, 2.45) is 5.73 Å². The summed E-state index contributed by atoms with van der Waals surface area (Å²) in [6.07, 6.45) is 4.93. The fourth-order valence-electron chi connectivity index (χ4n) is 3.98. The average Bonchev–Trinajstić information content (AvgIpc) is 2.85. The van der Waals surface area contributed by atoms with Crippen molar-refractivity contribution < 1.29 is 24.1 Å². The zero-order valence-electron chi connectivity index (χ0n) is 21.8. The minimum Gasteiger partial charge on any atom is -0.463 e. The number of amides is 2. The second kappa shape index (κ2) is 14.6. The Morgan fingerprint density at radius 2 is 1.97 bits per heavy atom. The third-order valence-corrected chi connectivity index (χ3v) is 5.92. The molecule has 8 heteroatoms. The van der Waals surface area contributed by atoms with Crippen LogP contribution >= 0.6 is 0 Å². The van der Waals surface area contributed by atoms with Gasteiger partial charge in [0.2, 0.25) is 5.79 Å². The zero-order valence-corrected chi connectivity index (χ0v) is 21.8. The number of rotatable bonds is 13. The molecule has 1 aliphatic heterocycles. The lowest BCUT2D eigenvalue weighted by molar-refractivity contribution is -0.180. The van der Waals surface area contributed by atoms with E-state index in [4.69, 9.17) is 19.9 Å². The number of nitrogens with two attached hydrogens (primary N) is 1. The lowest BCUT2D eigenvalue weighted by atomic mass is 10.0. The van der Waals surface area contributed by atoms with E-state index in [-0.39, 0.29) is 0 Å². The summed E-state index contributed by atoms with van der Waals surface area (Å²) in [5.41, 5.74) is 8.38. The largest absolute Gasteiger partial charge is 0.463 e. The van der Waals surface area contributed by atoms with E-state index in [9.17, 15) is 9.90 Å². The van der Waals surface area contributed by atoms with Crippen molar-refractivity contribution in [3.05, 3.63) is 59.2 Å². The van der Waals surface area contributed by atoms with Crippen LogP contribution in [0.15, 0.2) is 42.5 Å². The Kier molecular flexibility index (Phi) is 11.2. The summed E-state index contributed by atoms with van der Waals surface area (Å²) in [4.78, 5) is 10.9. The van der Waals surface area contributed by atoms with Crippen molar-refractivity contribution in [2.45, 2.75) is 64.4 Å². The van der Waals surface area contributed by atoms with Gasteiger partial charge in [-0.2, -0.15) is 0 Å². The predicted molar refractivity (Wildman–Crippen MR) is 144 cm³/mol. The number of carbonyl (C=O) groups is 1. The Labute approximate surface area is 219 Å². The lowest BCUT2D eigenvalue weighted by Gasteiger charge is -2.33. The highest BCUT2D eigenvalue weighted by Gasteiger charge is 2.27. The molecule has 0 unspecified atom stereocenters. The first kappa shape index (κ1) is 28.5. The number of benzene rings is 2. The predicted octanol–water partition coefficient (Wildman–Crippen LogP) is 4.46. The van der Waals surface area contributed by atoms with Gasteiger partial charge < -0.3 is 35.7 Å². The molecule has 2 amide bonds. The van der Waals surface area contributed by atoms with Gasteiger partial charge in [-0.25, -0.2) is 4.79 Å². The number of aliphatic hydroxyl groups excluding tert-OH is 1. The van der Waals surface area contributed by atoms with Crippen LogP contribution in [0.25, 0.3) is 0 Å². The van der Waals surface area contributed by atoms with Crippen LogP contribution in [0, 0.1) is 11.8 Å². The standard InChI is InChI=1S/C29H39N3O5/c1-29(2)36-21-24-19-23(13-14-27(24)37-29)26(33)20-31-15-6-4-3-5-7-16-35-17-9-11-22-10-8-12-25(18-22)32-28(30)34/h8,10,12-14,18-19,26,31,33H,3-7,15-17,20-21H2,1-2H3,(H3,30,32,34)/t26-/m1/s1. The molecule has 0 fully saturated rings. The molecule has 0 spiro atoms. The minimum atomic E-state index is -0.613. The van der Waals surface area contributed by atoms with Crippen LogP contribution in [-0.2, 0) is 16.1 Å². The molecule has 200 valence electrons. The topological polar surface area (TPSA) is 115 Å². The van der Waals surface area contributed by atoms with Gasteiger partial charge in [-0.1, -0.05) is 43.2 Å². The van der Waals surface area contributed by atoms with E-state index < -0.39 is 17.9 Å². The Morgan fingerprint density at radius 1 is 1.16 bits per heavy atom. The molecule has 0 saturated heterocycles. The number of ether oxygens (including phenoxy) is 3. The second-order valence-corrected chi connectivity index (χ2v) is 9.57. The van der Waals surface area contributed by atoms with Crippen molar-refractivity contribution in [3.8, 4) is 17.6 Å². The number of unbranched alkanes of at least 4 members (excludes halogenated alkanes) is 4. The van der Waals surface area contributed by atoms with Gasteiger partial charge >= 0.3 is 6.03 Å². The van der Waals surface area contributed by atoms with Crippen LogP contribution in [0.1, 0.15) is 68.7 Å². The van der Waals surface area contributed by atoms with E-state index in [0.29, 0.717) is 32.1 Å². The van der Waals surface area contributed by atoms with Crippen LogP contribution < -0.4 is 21.1 Å². The molecule has 2 aromatic carbocycles. The SMILES string of the molecule is CC1(C)OCc2cc([C@H](O)CNCCCCCCCOCC#Cc3cccc(NC(N)=O)c3)ccc2O1. The molecule has 5 N–H and O–H groups in total. The Morgan fingerprint density at radius 3 is 2.81 bits per heavy atom. The van der Waals surface area contributed by atoms with Crippen molar-refractivity contribution >= 4 is 11.7 Å². The molecular weight excluding hydrogens is 470 g/mol. The third kappa shape index (κ3) is 10.4. The van der Waals surface area contributed by atoms with E-state index in [0.717, 1.165) is 61.1 Å². The van der Waals surface area contributed by atoms with Gasteiger partial charge in [-0.15, -0.1) is 0 Å². The number of hydrogen-bond acceptors (Lipinski definition) is 6. The molecule has 1 heterocycles. The molecule has 0 aromatic heterocycles. The smallest absolute Gasteiger partial charge is 0.316 e. The molecular formula is C29H39N3O5. The highest BCUT2D eigenvalue weighted by molar-refractivity contribution is 5.87. The summed E-state index contributed by atoms with van der Waals surface area (Å²) in [5, 5.41) is 16.4. The first-order chi connectivity index (χ1) is 17.8. The van der Waals surface area contributed by atoms with E-state index in [1.165, 1.54) is 0 Å². The van der Waals surface area contributed by atoms with Crippen molar-refractivity contribution in [1.29, 1.82) is 0 Å². The number of hydrogen-bond donors (Lipinski definition) is 4. The highest BCUT2D eigenvalue weighted by atomic mass is 16.7. The first-order valence-electron chi connectivity index (χ1n) is 12.9. The molecule has 1 atom stereocenters. The number of urea groups is 1. The van der Waals surface area contributed by atoms with Gasteiger partial charge in [0.15, 0.2) is 0 Å². The summed E-state index contributed by atoms with van der Waals surface area (Å²) in [7, 11) is 0. The van der Waals surface area contributed by atoms with E-state index in [1.807, 2.05) is 44.2 Å². The molecule has 3 rings (SSSR count). The molecule has 0 radical (unpaired) electrons. The van der Waals surface area contributed by atoms with Crippen LogP contribution in [-0.4, -0.2) is 43.2 Å². The minimum absolute atomic E-state index is 0.377. The number of primary amides is 1. The normalized spacial score (nSPS) is 14.6. The fourth-order valence-corrected chi connectivity index (χ4v) is 3.98. The molecule has 1 aliphatic rings. The Balaban J connectivity index is 1.18. The summed E-state index contributed by atoms with van der Waals surface area (Å²) in [5.74, 6) is 6.22. The van der Waals surface area contributed by atoms with Crippen LogP contribution in [0.5, 0.6) is 5.75 Å². The van der Waals surface area contributed by atoms with Gasteiger partial charge in [-0.3, -0.25) is 0 Å². The van der Waals surface area contributed by atoms with E-state index >= 15 is 0 Å².